The molecule has 0 aliphatic rings. The second-order valence-corrected chi connectivity index (χ2v) is 11.2. The van der Waals surface area contributed by atoms with Gasteiger partial charge in [-0.25, -0.2) is 8.42 Å². The number of nitrogens with one attached hydrogen (secondary N) is 2. The van der Waals surface area contributed by atoms with Gasteiger partial charge in [0.15, 0.2) is 0 Å². The van der Waals surface area contributed by atoms with E-state index in [1.54, 1.807) is 60.8 Å². The summed E-state index contributed by atoms with van der Waals surface area (Å²) in [5.41, 5.74) is 0.881. The fourth-order valence-electron chi connectivity index (χ4n) is 2.67. The minimum Gasteiger partial charge on any atom is -0.495 e. The van der Waals surface area contributed by atoms with E-state index in [2.05, 4.69) is 10.0 Å². The highest BCUT2D eigenvalue weighted by Crippen LogP contribution is 2.36. The summed E-state index contributed by atoms with van der Waals surface area (Å²) in [5.74, 6) is 0.634. The van der Waals surface area contributed by atoms with Gasteiger partial charge in [-0.15, -0.1) is 23.1 Å². The number of hydrogen-bond donors (Lipinski definition) is 2. The number of ether oxygens (including phenoxy) is 2. The molecule has 32 heavy (non-hydrogen) atoms. The van der Waals surface area contributed by atoms with Gasteiger partial charge >= 0.3 is 0 Å². The second-order valence-electron chi connectivity index (χ2n) is 6.50. The molecule has 0 radical (unpaired) electrons. The molecule has 2 aromatic carbocycles. The molecule has 11 heteroatoms. The van der Waals surface area contributed by atoms with Crippen molar-refractivity contribution < 1.29 is 22.7 Å². The van der Waals surface area contributed by atoms with Crippen LogP contribution in [-0.4, -0.2) is 33.8 Å². The van der Waals surface area contributed by atoms with Crippen LogP contribution in [0.4, 0.5) is 11.4 Å². The number of rotatable bonds is 9. The number of thioether (sulfide) groups is 1. The Morgan fingerprint density at radius 3 is 2.38 bits per heavy atom. The van der Waals surface area contributed by atoms with E-state index in [1.165, 1.54) is 26.0 Å². The van der Waals surface area contributed by atoms with Crippen LogP contribution in [0.25, 0.3) is 0 Å². The van der Waals surface area contributed by atoms with Gasteiger partial charge < -0.3 is 14.8 Å². The van der Waals surface area contributed by atoms with Crippen molar-refractivity contribution in [1.82, 2.24) is 0 Å². The minimum absolute atomic E-state index is 0.239. The number of halogens is 1. The van der Waals surface area contributed by atoms with Crippen LogP contribution in [0.3, 0.4) is 0 Å². The van der Waals surface area contributed by atoms with Gasteiger partial charge in [0.2, 0.25) is 5.91 Å². The minimum atomic E-state index is -3.60. The fraction of sp³-hybridized carbons (Fsp3) is 0.190. The number of benzene rings is 2. The van der Waals surface area contributed by atoms with E-state index in [4.69, 9.17) is 21.1 Å². The lowest BCUT2D eigenvalue weighted by Crippen LogP contribution is -2.22. The molecule has 0 fully saturated rings. The number of thiophene rings is 1. The first-order valence-corrected chi connectivity index (χ1v) is 12.9. The number of methoxy groups -OCH3 is 2. The molecule has 7 nitrogen and oxygen atoms in total. The van der Waals surface area contributed by atoms with Crippen LogP contribution in [0.2, 0.25) is 5.02 Å². The first kappa shape index (κ1) is 24.2. The van der Waals surface area contributed by atoms with Crippen molar-refractivity contribution in [2.24, 2.45) is 0 Å². The Morgan fingerprint density at radius 2 is 1.78 bits per heavy atom. The summed E-state index contributed by atoms with van der Waals surface area (Å²) in [6.45, 7) is 1.77. The van der Waals surface area contributed by atoms with Crippen LogP contribution < -0.4 is 19.5 Å². The summed E-state index contributed by atoms with van der Waals surface area (Å²) < 4.78 is 37.9. The maximum Gasteiger partial charge on any atom is 0.271 e. The summed E-state index contributed by atoms with van der Waals surface area (Å²) in [4.78, 5) is 13.5. The van der Waals surface area contributed by atoms with Crippen molar-refractivity contribution in [3.05, 3.63) is 58.9 Å². The summed E-state index contributed by atoms with van der Waals surface area (Å²) in [5, 5.41) is 4.44. The number of sulfonamides is 1. The molecule has 3 rings (SSSR count). The topological polar surface area (TPSA) is 93.7 Å². The lowest BCUT2D eigenvalue weighted by molar-refractivity contribution is -0.115. The van der Waals surface area contributed by atoms with Crippen LogP contribution in [0.15, 0.2) is 63.0 Å². The Bertz CT molecular complexity index is 1180. The number of amides is 1. The van der Waals surface area contributed by atoms with Crippen LogP contribution in [0.5, 0.6) is 11.5 Å². The number of anilines is 2. The third-order valence-electron chi connectivity index (χ3n) is 4.28. The molecule has 170 valence electrons. The predicted octanol–water partition coefficient (Wildman–Crippen LogP) is 5.34. The molecule has 0 aliphatic carbocycles. The molecule has 1 aromatic heterocycles. The summed E-state index contributed by atoms with van der Waals surface area (Å²) in [6, 6.07) is 13.2. The molecule has 1 atom stereocenters. The van der Waals surface area contributed by atoms with Gasteiger partial charge in [0.25, 0.3) is 10.0 Å². The SMILES string of the molecule is COc1cc(OC)c(NC(=O)C(C)Sc2ccc(NS(=O)(=O)c3cccs3)cc2)cc1Cl. The third kappa shape index (κ3) is 5.89. The van der Waals surface area contributed by atoms with Crippen molar-refractivity contribution in [1.29, 1.82) is 0 Å². The Hall–Kier alpha value is -2.40. The lowest BCUT2D eigenvalue weighted by atomic mass is 10.2. The third-order valence-corrected chi connectivity index (χ3v) is 8.47. The normalized spacial score (nSPS) is 12.1. The van der Waals surface area contributed by atoms with Gasteiger partial charge in [0, 0.05) is 16.6 Å². The second kappa shape index (κ2) is 10.5. The molecular weight excluding hydrogens is 492 g/mol. The maximum atomic E-state index is 12.7. The number of hydrogen-bond acceptors (Lipinski definition) is 7. The van der Waals surface area contributed by atoms with Crippen LogP contribution in [0, 0.1) is 0 Å². The molecule has 0 aliphatic heterocycles. The van der Waals surface area contributed by atoms with Crippen LogP contribution in [-0.2, 0) is 14.8 Å². The van der Waals surface area contributed by atoms with Crippen LogP contribution in [0.1, 0.15) is 6.92 Å². The Labute approximate surface area is 200 Å². The summed E-state index contributed by atoms with van der Waals surface area (Å²) in [6.07, 6.45) is 0. The van der Waals surface area contributed by atoms with E-state index in [0.717, 1.165) is 16.2 Å². The predicted molar refractivity (Wildman–Crippen MR) is 130 cm³/mol. The van der Waals surface area contributed by atoms with Gasteiger partial charge in [-0.3, -0.25) is 9.52 Å². The molecule has 1 amide bonds. The molecule has 0 saturated heterocycles. The van der Waals surface area contributed by atoms with Crippen molar-refractivity contribution in [3.8, 4) is 11.5 Å². The van der Waals surface area contributed by atoms with Crippen molar-refractivity contribution >= 4 is 62.0 Å². The van der Waals surface area contributed by atoms with E-state index in [9.17, 15) is 13.2 Å². The van der Waals surface area contributed by atoms with E-state index in [0.29, 0.717) is 27.9 Å². The number of carbonyl (C=O) groups excluding carboxylic acids is 1. The number of carbonyl (C=O) groups is 1. The highest BCUT2D eigenvalue weighted by atomic mass is 35.5. The molecule has 0 saturated carbocycles. The molecule has 0 bridgehead atoms. The summed E-state index contributed by atoms with van der Waals surface area (Å²) in [7, 11) is -0.616. The van der Waals surface area contributed by atoms with Gasteiger partial charge in [-0.05, 0) is 48.7 Å². The quantitative estimate of drug-likeness (QED) is 0.376. The Balaban J connectivity index is 1.64. The molecule has 3 aromatic rings. The highest BCUT2D eigenvalue weighted by Gasteiger charge is 2.19. The standard InChI is InChI=1S/C21H21ClN2O5S3/c1-13(21(25)23-17-11-16(22)18(28-2)12-19(17)29-3)31-15-8-6-14(7-9-15)24-32(26,27)20-5-4-10-30-20/h4-13,24H,1-3H3,(H,23,25). The average molecular weight is 513 g/mol. The molecular formula is C21H21ClN2O5S3. The molecule has 1 unspecified atom stereocenters. The van der Waals surface area contributed by atoms with E-state index < -0.39 is 15.3 Å². The molecule has 2 N–H and O–H groups in total. The van der Waals surface area contributed by atoms with Gasteiger partial charge in [-0.1, -0.05) is 17.7 Å². The van der Waals surface area contributed by atoms with Gasteiger partial charge in [0.05, 0.1) is 30.2 Å². The van der Waals surface area contributed by atoms with Crippen molar-refractivity contribution in [2.45, 2.75) is 21.3 Å². The highest BCUT2D eigenvalue weighted by molar-refractivity contribution is 8.00. The Morgan fingerprint density at radius 1 is 1.09 bits per heavy atom. The zero-order chi connectivity index (χ0) is 23.3. The van der Waals surface area contributed by atoms with E-state index >= 15 is 0 Å². The zero-order valence-electron chi connectivity index (χ0n) is 17.4. The van der Waals surface area contributed by atoms with Crippen molar-refractivity contribution in [3.63, 3.8) is 0 Å². The average Bonchev–Trinajstić information content (AvgIpc) is 3.31. The van der Waals surface area contributed by atoms with Gasteiger partial charge in [-0.2, -0.15) is 0 Å². The zero-order valence-corrected chi connectivity index (χ0v) is 20.6. The monoisotopic (exact) mass is 512 g/mol. The molecule has 1 heterocycles. The smallest absolute Gasteiger partial charge is 0.271 e. The Kier molecular flexibility index (Phi) is 7.94. The largest absolute Gasteiger partial charge is 0.495 e. The molecule has 0 spiro atoms. The van der Waals surface area contributed by atoms with Gasteiger partial charge in [0.1, 0.15) is 15.7 Å². The first-order valence-electron chi connectivity index (χ1n) is 9.29. The lowest BCUT2D eigenvalue weighted by Gasteiger charge is -2.16. The fourth-order valence-corrected chi connectivity index (χ4v) is 5.83. The van der Waals surface area contributed by atoms with Crippen LogP contribution >= 0.6 is 34.7 Å². The maximum absolute atomic E-state index is 12.7. The summed E-state index contributed by atoms with van der Waals surface area (Å²) >= 11 is 8.64. The van der Waals surface area contributed by atoms with E-state index in [-0.39, 0.29) is 10.1 Å². The first-order chi connectivity index (χ1) is 15.2. The van der Waals surface area contributed by atoms with E-state index in [1.807, 2.05) is 0 Å². The van der Waals surface area contributed by atoms with Crippen molar-refractivity contribution in [2.75, 3.05) is 24.3 Å².